The van der Waals surface area contributed by atoms with Crippen LogP contribution < -0.4 is 10.2 Å². The summed E-state index contributed by atoms with van der Waals surface area (Å²) in [5.74, 6) is -0.920. The number of fused-ring (bicyclic) bond motifs is 1. The topological polar surface area (TPSA) is 69.7 Å². The predicted molar refractivity (Wildman–Crippen MR) is 137 cm³/mol. The lowest BCUT2D eigenvalue weighted by molar-refractivity contribution is -0.123. The summed E-state index contributed by atoms with van der Waals surface area (Å²) in [6.07, 6.45) is 0.754. The number of carbonyl (C=O) groups is 3. The molecule has 4 rings (SSSR count). The van der Waals surface area contributed by atoms with Crippen molar-refractivity contribution in [3.63, 3.8) is 0 Å². The first-order valence-electron chi connectivity index (χ1n) is 10.8. The van der Waals surface area contributed by atoms with Crippen molar-refractivity contribution in [3.05, 3.63) is 64.1 Å². The molecule has 2 heterocycles. The maximum atomic E-state index is 13.5. The molecule has 0 aromatic heterocycles. The minimum Gasteiger partial charge on any atom is -0.324 e. The average molecular weight is 480 g/mol. The fourth-order valence-corrected chi connectivity index (χ4v) is 5.49. The van der Waals surface area contributed by atoms with Crippen LogP contribution in [0.4, 0.5) is 11.4 Å². The van der Waals surface area contributed by atoms with Gasteiger partial charge >= 0.3 is 0 Å². The Hall–Kier alpha value is -2.97. The fourth-order valence-electron chi connectivity index (χ4n) is 3.95. The van der Waals surface area contributed by atoms with Gasteiger partial charge in [-0.15, -0.1) is 0 Å². The number of nitrogens with zero attached hydrogens (tertiary/aromatic N) is 2. The zero-order valence-corrected chi connectivity index (χ0v) is 20.6. The molecule has 33 heavy (non-hydrogen) atoms. The van der Waals surface area contributed by atoms with Gasteiger partial charge in [-0.1, -0.05) is 61.2 Å². The van der Waals surface area contributed by atoms with Crippen molar-refractivity contribution in [2.45, 2.75) is 40.2 Å². The van der Waals surface area contributed by atoms with E-state index < -0.39 is 0 Å². The first-order chi connectivity index (χ1) is 15.7. The van der Waals surface area contributed by atoms with Crippen LogP contribution in [0.25, 0.3) is 5.57 Å². The third kappa shape index (κ3) is 4.20. The van der Waals surface area contributed by atoms with Gasteiger partial charge in [-0.25, -0.2) is 0 Å². The maximum Gasteiger partial charge on any atom is 0.267 e. The van der Waals surface area contributed by atoms with Crippen molar-refractivity contribution in [2.24, 2.45) is 0 Å². The first-order valence-corrected chi connectivity index (χ1v) is 12.0. The molecule has 2 aromatic carbocycles. The van der Waals surface area contributed by atoms with Gasteiger partial charge in [-0.3, -0.25) is 24.2 Å². The zero-order valence-electron chi connectivity index (χ0n) is 19.0. The van der Waals surface area contributed by atoms with Gasteiger partial charge in [0.1, 0.15) is 10.9 Å². The minimum atomic E-state index is -0.364. The molecule has 0 bridgehead atoms. The number of rotatable bonds is 5. The van der Waals surface area contributed by atoms with E-state index in [9.17, 15) is 14.4 Å². The van der Waals surface area contributed by atoms with Gasteiger partial charge in [0.25, 0.3) is 11.8 Å². The van der Waals surface area contributed by atoms with Gasteiger partial charge in [-0.2, -0.15) is 0 Å². The molecule has 8 heteroatoms. The number of anilines is 2. The quantitative estimate of drug-likeness (QED) is 0.499. The monoisotopic (exact) mass is 479 g/mol. The Bertz CT molecular complexity index is 1220. The molecule has 1 saturated heterocycles. The summed E-state index contributed by atoms with van der Waals surface area (Å²) < 4.78 is 0.452. The van der Waals surface area contributed by atoms with Crippen molar-refractivity contribution < 1.29 is 14.4 Å². The van der Waals surface area contributed by atoms with Crippen LogP contribution in [0.3, 0.4) is 0 Å². The maximum absolute atomic E-state index is 13.5. The van der Waals surface area contributed by atoms with Crippen molar-refractivity contribution >= 4 is 63.0 Å². The molecule has 0 saturated carbocycles. The van der Waals surface area contributed by atoms with Crippen LogP contribution in [0.2, 0.25) is 0 Å². The average Bonchev–Trinajstić information content (AvgIpc) is 3.22. The highest BCUT2D eigenvalue weighted by Gasteiger charge is 2.43. The van der Waals surface area contributed by atoms with Crippen molar-refractivity contribution in [2.75, 3.05) is 16.8 Å². The molecule has 2 aliphatic rings. The van der Waals surface area contributed by atoms with E-state index in [-0.39, 0.29) is 30.3 Å². The second-order valence-corrected chi connectivity index (χ2v) is 9.92. The molecule has 2 aliphatic heterocycles. The van der Waals surface area contributed by atoms with E-state index in [1.165, 1.54) is 4.90 Å². The number of benzene rings is 2. The van der Waals surface area contributed by atoms with Crippen molar-refractivity contribution in [1.82, 2.24) is 4.90 Å². The highest BCUT2D eigenvalue weighted by atomic mass is 32.2. The van der Waals surface area contributed by atoms with E-state index in [2.05, 4.69) is 5.32 Å². The number of thioether (sulfide) groups is 1. The molecule has 6 nitrogen and oxygen atoms in total. The van der Waals surface area contributed by atoms with Crippen LogP contribution in [0.5, 0.6) is 0 Å². The lowest BCUT2D eigenvalue weighted by Crippen LogP contribution is -2.37. The van der Waals surface area contributed by atoms with E-state index in [0.717, 1.165) is 35.0 Å². The molecule has 2 aromatic rings. The minimum absolute atomic E-state index is 0.0539. The van der Waals surface area contributed by atoms with Crippen LogP contribution in [0, 0.1) is 13.8 Å². The molecule has 1 N–H and O–H groups in total. The molecule has 1 atom stereocenters. The molecule has 170 valence electrons. The summed E-state index contributed by atoms with van der Waals surface area (Å²) in [5.41, 5.74) is 4.26. The molecular weight excluding hydrogens is 454 g/mol. The SMILES string of the molecule is CCC(C)N1C(=O)C(=C2C(=O)N(CC(=O)Nc3cc(C)ccc3C)c3ccccc32)SC1=S. The van der Waals surface area contributed by atoms with Gasteiger partial charge in [-0.05, 0) is 50.5 Å². The molecule has 0 spiro atoms. The van der Waals surface area contributed by atoms with Gasteiger partial charge < -0.3 is 5.32 Å². The van der Waals surface area contributed by atoms with Gasteiger partial charge in [0.05, 0.1) is 16.2 Å². The molecular formula is C25H25N3O3S2. The lowest BCUT2D eigenvalue weighted by atomic mass is 10.1. The smallest absolute Gasteiger partial charge is 0.267 e. The number of thiocarbonyl (C=S) groups is 1. The standard InChI is InChI=1S/C25H25N3O3S2/c1-5-16(4)28-24(31)22(33-25(28)32)21-17-8-6-7-9-19(17)27(23(21)30)13-20(29)26-18-12-14(2)10-11-15(18)3/h6-12,16H,5,13H2,1-4H3,(H,26,29). The van der Waals surface area contributed by atoms with Gasteiger partial charge in [0.15, 0.2) is 0 Å². The number of carbonyl (C=O) groups excluding carboxylic acids is 3. The normalized spacial score (nSPS) is 18.7. The van der Waals surface area contributed by atoms with E-state index >= 15 is 0 Å². The Balaban J connectivity index is 1.66. The lowest BCUT2D eigenvalue weighted by Gasteiger charge is -2.21. The Labute approximate surface area is 203 Å². The van der Waals surface area contributed by atoms with Crippen LogP contribution in [-0.2, 0) is 14.4 Å². The summed E-state index contributed by atoms with van der Waals surface area (Å²) in [6, 6.07) is 13.0. The number of aryl methyl sites for hydroxylation is 2. The second-order valence-electron chi connectivity index (χ2n) is 8.28. The molecule has 1 fully saturated rings. The Morgan fingerprint density at radius 1 is 1.12 bits per heavy atom. The number of hydrogen-bond acceptors (Lipinski definition) is 5. The summed E-state index contributed by atoms with van der Waals surface area (Å²) in [6.45, 7) is 7.65. The number of amides is 3. The van der Waals surface area contributed by atoms with E-state index in [4.69, 9.17) is 12.2 Å². The third-order valence-corrected chi connectivity index (χ3v) is 7.35. The number of para-hydroxylation sites is 1. The highest BCUT2D eigenvalue weighted by Crippen LogP contribution is 2.45. The summed E-state index contributed by atoms with van der Waals surface area (Å²) in [4.78, 5) is 43.0. The Morgan fingerprint density at radius 2 is 1.85 bits per heavy atom. The van der Waals surface area contributed by atoms with Crippen LogP contribution in [0.15, 0.2) is 47.4 Å². The first kappa shape index (κ1) is 23.2. The summed E-state index contributed by atoms with van der Waals surface area (Å²) >= 11 is 6.61. The predicted octanol–water partition coefficient (Wildman–Crippen LogP) is 4.66. The van der Waals surface area contributed by atoms with Crippen LogP contribution in [-0.4, -0.2) is 39.5 Å². The molecule has 0 radical (unpaired) electrons. The van der Waals surface area contributed by atoms with Gasteiger partial charge in [0, 0.05) is 17.3 Å². The van der Waals surface area contributed by atoms with E-state index in [1.54, 1.807) is 17.0 Å². The van der Waals surface area contributed by atoms with Crippen LogP contribution in [0.1, 0.15) is 37.0 Å². The Morgan fingerprint density at radius 3 is 2.58 bits per heavy atom. The second kappa shape index (κ2) is 9.11. The molecule has 1 unspecified atom stereocenters. The molecule has 3 amide bonds. The summed E-state index contributed by atoms with van der Waals surface area (Å²) in [7, 11) is 0. The van der Waals surface area contributed by atoms with Crippen LogP contribution >= 0.6 is 24.0 Å². The summed E-state index contributed by atoms with van der Waals surface area (Å²) in [5, 5.41) is 2.91. The van der Waals surface area contributed by atoms with Crippen molar-refractivity contribution in [1.29, 1.82) is 0 Å². The number of hydrogen-bond donors (Lipinski definition) is 1. The van der Waals surface area contributed by atoms with E-state index in [0.29, 0.717) is 26.0 Å². The van der Waals surface area contributed by atoms with Crippen molar-refractivity contribution in [3.8, 4) is 0 Å². The number of nitrogens with one attached hydrogen (secondary N) is 1. The van der Waals surface area contributed by atoms with Gasteiger partial charge in [0.2, 0.25) is 5.91 Å². The zero-order chi connectivity index (χ0) is 23.9. The Kier molecular flexibility index (Phi) is 6.41. The molecule has 0 aliphatic carbocycles. The largest absolute Gasteiger partial charge is 0.324 e. The highest BCUT2D eigenvalue weighted by molar-refractivity contribution is 8.26. The van der Waals surface area contributed by atoms with E-state index in [1.807, 2.05) is 58.0 Å². The third-order valence-electron chi connectivity index (χ3n) is 5.95. The fraction of sp³-hybridized carbons (Fsp3) is 0.280.